The Labute approximate surface area is 149 Å². The van der Waals surface area contributed by atoms with Gasteiger partial charge in [0.1, 0.15) is 0 Å². The lowest BCUT2D eigenvalue weighted by molar-refractivity contribution is 0.143. The molecule has 3 heterocycles. The van der Waals surface area contributed by atoms with Gasteiger partial charge in [0.25, 0.3) is 0 Å². The minimum absolute atomic E-state index is 0.0309. The van der Waals surface area contributed by atoms with E-state index in [1.165, 1.54) is 6.42 Å². The number of rotatable bonds is 5. The number of carbonyl (C=O) groups excluding carboxylic acids is 1. The van der Waals surface area contributed by atoms with Crippen LogP contribution in [0.25, 0.3) is 0 Å². The van der Waals surface area contributed by atoms with E-state index in [0.717, 1.165) is 49.2 Å². The van der Waals surface area contributed by atoms with Gasteiger partial charge in [0.2, 0.25) is 0 Å². The maximum atomic E-state index is 12.7. The van der Waals surface area contributed by atoms with Gasteiger partial charge >= 0.3 is 6.03 Å². The van der Waals surface area contributed by atoms with Crippen LogP contribution in [0.2, 0.25) is 0 Å². The third-order valence-electron chi connectivity index (χ3n) is 4.98. The summed E-state index contributed by atoms with van der Waals surface area (Å²) in [6.07, 6.45) is 9.89. The number of aryl methyl sites for hydroxylation is 3. The van der Waals surface area contributed by atoms with E-state index in [0.29, 0.717) is 6.54 Å². The maximum Gasteiger partial charge on any atom is 0.317 e. The van der Waals surface area contributed by atoms with Crippen LogP contribution in [-0.2, 0) is 13.1 Å². The molecule has 0 spiro atoms. The molecule has 1 aliphatic heterocycles. The van der Waals surface area contributed by atoms with E-state index in [2.05, 4.69) is 21.5 Å². The molecule has 1 saturated heterocycles. The molecule has 0 unspecified atom stereocenters. The van der Waals surface area contributed by atoms with Crippen LogP contribution in [0, 0.1) is 13.8 Å². The fourth-order valence-electron chi connectivity index (χ4n) is 3.36. The average Bonchev–Trinajstić information content (AvgIpc) is 3.14. The SMILES string of the molecule is Cc1cc(CNC(=O)N2CCCC[C@@H]2CCn2cccn2)cnc1C. The first-order chi connectivity index (χ1) is 12.1. The van der Waals surface area contributed by atoms with Gasteiger partial charge in [0.05, 0.1) is 0 Å². The van der Waals surface area contributed by atoms with Crippen molar-refractivity contribution in [3.63, 3.8) is 0 Å². The predicted molar refractivity (Wildman–Crippen MR) is 97.1 cm³/mol. The van der Waals surface area contributed by atoms with E-state index in [1.807, 2.05) is 41.9 Å². The van der Waals surface area contributed by atoms with Gasteiger partial charge in [0, 0.05) is 50.0 Å². The predicted octanol–water partition coefficient (Wildman–Crippen LogP) is 3.05. The molecule has 0 bridgehead atoms. The number of likely N-dealkylation sites (tertiary alicyclic amines) is 1. The summed E-state index contributed by atoms with van der Waals surface area (Å²) >= 11 is 0. The Morgan fingerprint density at radius 3 is 3.00 bits per heavy atom. The summed E-state index contributed by atoms with van der Waals surface area (Å²) in [5.74, 6) is 0. The quantitative estimate of drug-likeness (QED) is 0.909. The van der Waals surface area contributed by atoms with Gasteiger partial charge in [-0.25, -0.2) is 4.79 Å². The highest BCUT2D eigenvalue weighted by Crippen LogP contribution is 2.20. The third kappa shape index (κ3) is 4.59. The highest BCUT2D eigenvalue weighted by atomic mass is 16.2. The Morgan fingerprint density at radius 2 is 2.24 bits per heavy atom. The molecule has 0 radical (unpaired) electrons. The first-order valence-corrected chi connectivity index (χ1v) is 9.07. The van der Waals surface area contributed by atoms with Crippen LogP contribution in [0.5, 0.6) is 0 Å². The van der Waals surface area contributed by atoms with Gasteiger partial charge in [-0.05, 0) is 56.7 Å². The van der Waals surface area contributed by atoms with Gasteiger partial charge in [-0.15, -0.1) is 0 Å². The van der Waals surface area contributed by atoms with E-state index in [-0.39, 0.29) is 12.1 Å². The monoisotopic (exact) mass is 341 g/mol. The van der Waals surface area contributed by atoms with Gasteiger partial charge in [-0.2, -0.15) is 5.10 Å². The molecule has 0 aromatic carbocycles. The first-order valence-electron chi connectivity index (χ1n) is 9.07. The second kappa shape index (κ2) is 8.14. The van der Waals surface area contributed by atoms with Crippen LogP contribution < -0.4 is 5.32 Å². The van der Waals surface area contributed by atoms with Gasteiger partial charge < -0.3 is 10.2 Å². The number of pyridine rings is 1. The first kappa shape index (κ1) is 17.5. The Balaban J connectivity index is 1.55. The number of nitrogens with one attached hydrogen (secondary N) is 1. The normalized spacial score (nSPS) is 17.5. The summed E-state index contributed by atoms with van der Waals surface area (Å²) in [6.45, 7) is 6.25. The van der Waals surface area contributed by atoms with Crippen LogP contribution in [0.1, 0.15) is 42.5 Å². The van der Waals surface area contributed by atoms with Crippen molar-refractivity contribution in [1.82, 2.24) is 25.0 Å². The Hall–Kier alpha value is -2.37. The van der Waals surface area contributed by atoms with Crippen molar-refractivity contribution in [2.75, 3.05) is 6.54 Å². The molecule has 6 heteroatoms. The smallest absolute Gasteiger partial charge is 0.317 e. The number of hydrogen-bond acceptors (Lipinski definition) is 3. The number of carbonyl (C=O) groups is 1. The van der Waals surface area contributed by atoms with Crippen molar-refractivity contribution in [2.24, 2.45) is 0 Å². The molecule has 1 atom stereocenters. The molecule has 2 aromatic rings. The number of nitrogens with zero attached hydrogens (tertiary/aromatic N) is 4. The van der Waals surface area contributed by atoms with Crippen LogP contribution in [-0.4, -0.2) is 38.3 Å². The lowest BCUT2D eigenvalue weighted by Crippen LogP contribution is -2.48. The van der Waals surface area contributed by atoms with Crippen molar-refractivity contribution in [1.29, 1.82) is 0 Å². The molecular formula is C19H27N5O. The number of amides is 2. The fourth-order valence-corrected chi connectivity index (χ4v) is 3.36. The third-order valence-corrected chi connectivity index (χ3v) is 4.98. The zero-order chi connectivity index (χ0) is 17.6. The summed E-state index contributed by atoms with van der Waals surface area (Å²) in [4.78, 5) is 19.0. The molecule has 1 aliphatic rings. The molecule has 3 rings (SSSR count). The minimum atomic E-state index is 0.0309. The molecule has 0 aliphatic carbocycles. The Kier molecular flexibility index (Phi) is 5.68. The zero-order valence-electron chi connectivity index (χ0n) is 15.1. The maximum absolute atomic E-state index is 12.7. The molecule has 6 nitrogen and oxygen atoms in total. The van der Waals surface area contributed by atoms with Crippen molar-refractivity contribution in [3.05, 3.63) is 47.5 Å². The van der Waals surface area contributed by atoms with Gasteiger partial charge in [0.15, 0.2) is 0 Å². The molecule has 1 fully saturated rings. The molecule has 1 N–H and O–H groups in total. The largest absolute Gasteiger partial charge is 0.334 e. The molecule has 25 heavy (non-hydrogen) atoms. The lowest BCUT2D eigenvalue weighted by Gasteiger charge is -2.35. The van der Waals surface area contributed by atoms with Crippen LogP contribution in [0.15, 0.2) is 30.7 Å². The summed E-state index contributed by atoms with van der Waals surface area (Å²) in [6, 6.07) is 4.34. The average molecular weight is 341 g/mol. The summed E-state index contributed by atoms with van der Waals surface area (Å²) in [5.41, 5.74) is 3.23. The topological polar surface area (TPSA) is 63.1 Å². The van der Waals surface area contributed by atoms with Gasteiger partial charge in [-0.1, -0.05) is 6.07 Å². The van der Waals surface area contributed by atoms with Gasteiger partial charge in [-0.3, -0.25) is 9.67 Å². The molecular weight excluding hydrogens is 314 g/mol. The standard InChI is InChI=1S/C19H27N5O/c1-15-12-17(13-20-16(15)2)14-21-19(25)24-10-4-3-6-18(24)7-11-23-9-5-8-22-23/h5,8-9,12-13,18H,3-4,6-7,10-11,14H2,1-2H3,(H,21,25)/t18-/m1/s1. The summed E-state index contributed by atoms with van der Waals surface area (Å²) in [5, 5.41) is 7.32. The zero-order valence-corrected chi connectivity index (χ0v) is 15.1. The number of aromatic nitrogens is 3. The molecule has 0 saturated carbocycles. The number of hydrogen-bond donors (Lipinski definition) is 1. The summed E-state index contributed by atoms with van der Waals surface area (Å²) < 4.78 is 1.94. The van der Waals surface area contributed by atoms with Crippen LogP contribution in [0.4, 0.5) is 4.79 Å². The van der Waals surface area contributed by atoms with Crippen molar-refractivity contribution < 1.29 is 4.79 Å². The Morgan fingerprint density at radius 1 is 1.36 bits per heavy atom. The van der Waals surface area contributed by atoms with E-state index in [9.17, 15) is 4.79 Å². The minimum Gasteiger partial charge on any atom is -0.334 e. The number of urea groups is 1. The molecule has 2 aromatic heterocycles. The lowest BCUT2D eigenvalue weighted by atomic mass is 10.00. The molecule has 2 amide bonds. The van der Waals surface area contributed by atoms with Crippen molar-refractivity contribution in [2.45, 2.75) is 58.7 Å². The second-order valence-electron chi connectivity index (χ2n) is 6.81. The highest BCUT2D eigenvalue weighted by Gasteiger charge is 2.26. The van der Waals surface area contributed by atoms with Crippen LogP contribution >= 0.6 is 0 Å². The number of piperidine rings is 1. The Bertz CT molecular complexity index is 698. The van der Waals surface area contributed by atoms with Crippen molar-refractivity contribution in [3.8, 4) is 0 Å². The highest BCUT2D eigenvalue weighted by molar-refractivity contribution is 5.74. The van der Waals surface area contributed by atoms with Crippen molar-refractivity contribution >= 4 is 6.03 Å². The van der Waals surface area contributed by atoms with Crippen LogP contribution in [0.3, 0.4) is 0 Å². The van der Waals surface area contributed by atoms with E-state index in [1.54, 1.807) is 6.20 Å². The molecule has 134 valence electrons. The van der Waals surface area contributed by atoms with E-state index < -0.39 is 0 Å². The fraction of sp³-hybridized carbons (Fsp3) is 0.526. The summed E-state index contributed by atoms with van der Waals surface area (Å²) in [7, 11) is 0. The van der Waals surface area contributed by atoms with E-state index >= 15 is 0 Å². The van der Waals surface area contributed by atoms with E-state index in [4.69, 9.17) is 0 Å². The second-order valence-corrected chi connectivity index (χ2v) is 6.81.